The molecule has 0 bridgehead atoms. The molecule has 358 valence electrons. The molecule has 3 aromatic heterocycles. The van der Waals surface area contributed by atoms with Crippen LogP contribution in [0.3, 0.4) is 0 Å². The SMILES string of the molecule is CC[C@@H]1C(=O)N(C)c2cnc(Cc3ccc(C(=O)NCc4cn(CCNCCOCC(=O)Nc5cccc6c5CN(C5CCC(=O)NC5=O)C6=O)nn4)cc3OC)nc2N1Cc1cc(Cl)cs1.Cl. The number of hydrogen-bond acceptors (Lipinski definition) is 15. The highest BCUT2D eigenvalue weighted by atomic mass is 35.5. The summed E-state index contributed by atoms with van der Waals surface area (Å²) in [5.41, 5.74) is 3.85. The molecule has 4 N–H and O–H groups in total. The number of thiophene rings is 1. The Morgan fingerprint density at radius 3 is 2.69 bits per heavy atom. The van der Waals surface area contributed by atoms with E-state index >= 15 is 0 Å². The smallest absolute Gasteiger partial charge is 0.255 e. The van der Waals surface area contributed by atoms with Crippen molar-refractivity contribution in [3.63, 3.8) is 0 Å². The molecule has 23 heteroatoms. The van der Waals surface area contributed by atoms with Crippen molar-refractivity contribution in [2.75, 3.05) is 55.6 Å². The van der Waals surface area contributed by atoms with Crippen LogP contribution >= 0.6 is 35.3 Å². The molecular weight excluding hydrogens is 940 g/mol. The molecule has 2 aromatic carbocycles. The zero-order valence-corrected chi connectivity index (χ0v) is 39.8. The number of likely N-dealkylation sites (N-methyl/N-ethyl adjacent to an activating group) is 1. The van der Waals surface area contributed by atoms with Crippen molar-refractivity contribution in [2.45, 2.75) is 70.9 Å². The maximum absolute atomic E-state index is 13.3. The van der Waals surface area contributed by atoms with Crippen LogP contribution in [-0.4, -0.2) is 118 Å². The number of carbonyl (C=O) groups excluding carboxylic acids is 6. The normalized spacial score (nSPS) is 16.6. The van der Waals surface area contributed by atoms with E-state index in [0.29, 0.717) is 95.2 Å². The lowest BCUT2D eigenvalue weighted by molar-refractivity contribution is -0.137. The van der Waals surface area contributed by atoms with Crippen LogP contribution in [0.4, 0.5) is 17.2 Å². The number of benzene rings is 2. The molecule has 0 radical (unpaired) electrons. The molecule has 0 saturated carbocycles. The predicted molar refractivity (Wildman–Crippen MR) is 254 cm³/mol. The zero-order chi connectivity index (χ0) is 47.2. The minimum atomic E-state index is -0.750. The summed E-state index contributed by atoms with van der Waals surface area (Å²) in [6, 6.07) is 11.0. The van der Waals surface area contributed by atoms with Crippen molar-refractivity contribution >= 4 is 88.0 Å². The van der Waals surface area contributed by atoms with Crippen LogP contribution in [0.15, 0.2) is 60.2 Å². The molecule has 0 aliphatic carbocycles. The monoisotopic (exact) mass is 988 g/mol. The molecular formula is C45H50Cl2N12O8S. The highest BCUT2D eigenvalue weighted by molar-refractivity contribution is 7.10. The fourth-order valence-corrected chi connectivity index (χ4v) is 9.33. The lowest BCUT2D eigenvalue weighted by Gasteiger charge is -2.40. The van der Waals surface area contributed by atoms with Gasteiger partial charge in [-0.1, -0.05) is 35.9 Å². The first-order valence-electron chi connectivity index (χ1n) is 21.7. The number of aromatic nitrogens is 5. The minimum absolute atomic E-state index is 0. The fourth-order valence-electron chi connectivity index (χ4n) is 8.26. The first-order valence-corrected chi connectivity index (χ1v) is 23.0. The third kappa shape index (κ3) is 11.1. The molecule has 68 heavy (non-hydrogen) atoms. The Morgan fingerprint density at radius 2 is 1.93 bits per heavy atom. The number of fused-ring (bicyclic) bond motifs is 2. The van der Waals surface area contributed by atoms with Crippen molar-refractivity contribution < 1.29 is 38.2 Å². The summed E-state index contributed by atoms with van der Waals surface area (Å²) < 4.78 is 12.9. The van der Waals surface area contributed by atoms with Crippen LogP contribution < -0.4 is 35.8 Å². The molecule has 1 saturated heterocycles. The van der Waals surface area contributed by atoms with Crippen molar-refractivity contribution in [3.05, 3.63) is 104 Å². The van der Waals surface area contributed by atoms with Gasteiger partial charge in [0.1, 0.15) is 41.6 Å². The maximum Gasteiger partial charge on any atom is 0.255 e. The molecule has 5 aromatic rings. The highest BCUT2D eigenvalue weighted by Gasteiger charge is 2.40. The largest absolute Gasteiger partial charge is 0.496 e. The van der Waals surface area contributed by atoms with Gasteiger partial charge < -0.3 is 40.1 Å². The summed E-state index contributed by atoms with van der Waals surface area (Å²) in [7, 11) is 3.28. The summed E-state index contributed by atoms with van der Waals surface area (Å²) in [5, 5.41) is 22.1. The number of halogens is 2. The summed E-state index contributed by atoms with van der Waals surface area (Å²) in [4.78, 5) is 91.9. The number of methoxy groups -OCH3 is 1. The van der Waals surface area contributed by atoms with Crippen molar-refractivity contribution in [1.82, 2.24) is 45.8 Å². The molecule has 3 aliphatic heterocycles. The Bertz CT molecular complexity index is 2720. The average molecular weight is 990 g/mol. The topological polar surface area (TPSA) is 235 Å². The first kappa shape index (κ1) is 49.4. The lowest BCUT2D eigenvalue weighted by atomic mass is 10.0. The number of amides is 6. The van der Waals surface area contributed by atoms with Crippen LogP contribution in [0, 0.1) is 0 Å². The second-order valence-electron chi connectivity index (χ2n) is 16.1. The second kappa shape index (κ2) is 22.1. The van der Waals surface area contributed by atoms with E-state index in [1.54, 1.807) is 66.5 Å². The van der Waals surface area contributed by atoms with E-state index < -0.39 is 18.0 Å². The molecule has 1 unspecified atom stereocenters. The Morgan fingerprint density at radius 1 is 1.09 bits per heavy atom. The van der Waals surface area contributed by atoms with Gasteiger partial charge in [-0.25, -0.2) is 9.97 Å². The van der Waals surface area contributed by atoms with Crippen LogP contribution in [0.2, 0.25) is 5.02 Å². The van der Waals surface area contributed by atoms with E-state index in [4.69, 9.17) is 26.1 Å². The van der Waals surface area contributed by atoms with Crippen LogP contribution in [0.25, 0.3) is 0 Å². The van der Waals surface area contributed by atoms with E-state index in [9.17, 15) is 28.8 Å². The number of ether oxygens (including phenoxy) is 2. The molecule has 2 atom stereocenters. The van der Waals surface area contributed by atoms with Crippen LogP contribution in [0.5, 0.6) is 5.75 Å². The van der Waals surface area contributed by atoms with Crippen molar-refractivity contribution in [1.29, 1.82) is 0 Å². The minimum Gasteiger partial charge on any atom is -0.496 e. The Hall–Kier alpha value is -6.52. The van der Waals surface area contributed by atoms with Crippen molar-refractivity contribution in [2.24, 2.45) is 0 Å². The Balaban J connectivity index is 0.00000684. The number of hydrogen-bond donors (Lipinski definition) is 4. The summed E-state index contributed by atoms with van der Waals surface area (Å²) in [6.45, 7) is 4.31. The quantitative estimate of drug-likeness (QED) is 0.0685. The van der Waals surface area contributed by atoms with Gasteiger partial charge in [-0.3, -0.25) is 38.8 Å². The molecule has 8 rings (SSSR count). The van der Waals surface area contributed by atoms with Gasteiger partial charge in [0, 0.05) is 77.7 Å². The van der Waals surface area contributed by atoms with Gasteiger partial charge in [0.25, 0.3) is 11.8 Å². The number of carbonyl (C=O) groups is 6. The number of nitrogens with one attached hydrogen (secondary N) is 4. The lowest BCUT2D eigenvalue weighted by Crippen LogP contribution is -2.52. The maximum atomic E-state index is 13.3. The van der Waals surface area contributed by atoms with Gasteiger partial charge in [0.15, 0.2) is 5.82 Å². The van der Waals surface area contributed by atoms with Crippen LogP contribution in [-0.2, 0) is 56.5 Å². The standard InChI is InChI=1S/C45H49ClN12O8S.ClH/c1-4-34-45(64)55(2)36-20-48-38(51-41(36)57(34)22-30-18-28(46)25-67-30)17-26-8-9-27(16-37(26)65-3)42(61)49-19-29-21-56(54-53-29)14-12-47-13-15-66-24-40(60)50-33-7-5-6-31-32(33)23-58(44(31)63)35-10-11-39(59)52-43(35)62;/h5-9,16,18,20-21,25,34-35,47H,4,10-15,17,19,22-24H2,1-3H3,(H,49,61)(H,50,60)(H,52,59,62);1H/t34-,35?;/m1./s1. The first-order chi connectivity index (χ1) is 32.4. The molecule has 6 amide bonds. The Kier molecular flexibility index (Phi) is 16.0. The Labute approximate surface area is 406 Å². The van der Waals surface area contributed by atoms with E-state index in [-0.39, 0.29) is 81.1 Å². The van der Waals surface area contributed by atoms with Gasteiger partial charge in [-0.2, -0.15) is 0 Å². The summed E-state index contributed by atoms with van der Waals surface area (Å²) in [6.07, 6.45) is 4.75. The van der Waals surface area contributed by atoms with Crippen LogP contribution in [0.1, 0.15) is 74.4 Å². The predicted octanol–water partition coefficient (Wildman–Crippen LogP) is 3.50. The fraction of sp³-hybridized carbons (Fsp3) is 0.378. The van der Waals surface area contributed by atoms with Gasteiger partial charge in [0.2, 0.25) is 23.6 Å². The number of anilines is 3. The average Bonchev–Trinajstić information content (AvgIpc) is 4.05. The number of nitrogens with zero attached hydrogens (tertiary/aromatic N) is 8. The van der Waals surface area contributed by atoms with Crippen molar-refractivity contribution in [3.8, 4) is 5.75 Å². The van der Waals surface area contributed by atoms with E-state index in [2.05, 4.69) is 36.6 Å². The second-order valence-corrected chi connectivity index (χ2v) is 17.5. The van der Waals surface area contributed by atoms with Gasteiger partial charge in [-0.05, 0) is 43.2 Å². The molecule has 0 spiro atoms. The van der Waals surface area contributed by atoms with Gasteiger partial charge in [0.05, 0.1) is 50.8 Å². The molecule has 20 nitrogen and oxygen atoms in total. The summed E-state index contributed by atoms with van der Waals surface area (Å²) >= 11 is 7.75. The van der Waals surface area contributed by atoms with Gasteiger partial charge in [-0.15, -0.1) is 28.8 Å². The van der Waals surface area contributed by atoms with E-state index in [0.717, 1.165) is 10.4 Å². The molecule has 3 aliphatic rings. The molecule has 1 fully saturated rings. The number of piperidine rings is 1. The van der Waals surface area contributed by atoms with Gasteiger partial charge >= 0.3 is 0 Å². The van der Waals surface area contributed by atoms with E-state index in [1.165, 1.54) is 16.2 Å². The third-order valence-corrected chi connectivity index (χ3v) is 13.0. The number of imide groups is 1. The van der Waals surface area contributed by atoms with E-state index in [1.807, 2.05) is 29.3 Å². The molecule has 6 heterocycles. The summed E-state index contributed by atoms with van der Waals surface area (Å²) in [5.74, 6) is -0.218. The zero-order valence-electron chi connectivity index (χ0n) is 37.5. The third-order valence-electron chi connectivity index (χ3n) is 11.7. The highest BCUT2D eigenvalue weighted by Crippen LogP contribution is 2.37. The number of rotatable bonds is 19.